The molecule has 1 unspecified atom stereocenters. The topological polar surface area (TPSA) is 153 Å². The number of imide groups is 2. The van der Waals surface area contributed by atoms with Gasteiger partial charge in [0.25, 0.3) is 11.8 Å². The zero-order valence-corrected chi connectivity index (χ0v) is 18.5. The van der Waals surface area contributed by atoms with Gasteiger partial charge < -0.3 is 15.3 Å². The van der Waals surface area contributed by atoms with Crippen LogP contribution >= 0.6 is 0 Å². The first kappa shape index (κ1) is 23.4. The first-order valence-corrected chi connectivity index (χ1v) is 11.3. The van der Waals surface area contributed by atoms with Crippen LogP contribution in [0.25, 0.3) is 0 Å². The maximum absolute atomic E-state index is 13.1. The third-order valence-electron chi connectivity index (χ3n) is 6.63. The van der Waals surface area contributed by atoms with E-state index in [-0.39, 0.29) is 48.8 Å². The van der Waals surface area contributed by atoms with Crippen molar-refractivity contribution in [3.8, 4) is 0 Å². The lowest BCUT2D eigenvalue weighted by atomic mass is 9.92. The van der Waals surface area contributed by atoms with Gasteiger partial charge in [0.1, 0.15) is 6.04 Å². The van der Waals surface area contributed by atoms with E-state index in [9.17, 15) is 28.8 Å². The van der Waals surface area contributed by atoms with Gasteiger partial charge in [0.15, 0.2) is 0 Å². The van der Waals surface area contributed by atoms with Gasteiger partial charge in [-0.2, -0.15) is 0 Å². The Morgan fingerprint density at radius 3 is 2.47 bits per heavy atom. The Bertz CT molecular complexity index is 1060. The Hall–Kier alpha value is -3.76. The number of rotatable bonds is 7. The summed E-state index contributed by atoms with van der Waals surface area (Å²) in [6, 6.07) is 3.64. The van der Waals surface area contributed by atoms with E-state index in [0.717, 1.165) is 17.7 Å². The lowest BCUT2D eigenvalue weighted by Crippen LogP contribution is -2.54. The Kier molecular flexibility index (Phi) is 6.62. The molecular formula is C23H26N4O7. The van der Waals surface area contributed by atoms with Crippen molar-refractivity contribution in [2.24, 2.45) is 5.92 Å². The summed E-state index contributed by atoms with van der Waals surface area (Å²) in [7, 11) is 0. The van der Waals surface area contributed by atoms with E-state index < -0.39 is 35.6 Å². The van der Waals surface area contributed by atoms with Crippen molar-refractivity contribution in [3.63, 3.8) is 0 Å². The molecule has 11 nitrogen and oxygen atoms in total. The van der Waals surface area contributed by atoms with Crippen LogP contribution in [0.2, 0.25) is 0 Å². The second-order valence-corrected chi connectivity index (χ2v) is 8.79. The number of nitrogens with one attached hydrogen (secondary N) is 2. The van der Waals surface area contributed by atoms with E-state index in [4.69, 9.17) is 5.11 Å². The van der Waals surface area contributed by atoms with E-state index in [1.807, 2.05) is 0 Å². The van der Waals surface area contributed by atoms with Gasteiger partial charge in [0.05, 0.1) is 17.7 Å². The molecule has 3 heterocycles. The quantitative estimate of drug-likeness (QED) is 0.490. The molecule has 2 fully saturated rings. The molecule has 0 aliphatic carbocycles. The van der Waals surface area contributed by atoms with Crippen molar-refractivity contribution < 1.29 is 33.9 Å². The zero-order chi connectivity index (χ0) is 24.4. The number of carboxylic acids is 1. The molecule has 5 amide bonds. The van der Waals surface area contributed by atoms with Gasteiger partial charge in [-0.15, -0.1) is 0 Å². The number of anilines is 1. The second-order valence-electron chi connectivity index (χ2n) is 8.79. The maximum Gasteiger partial charge on any atom is 0.303 e. The molecule has 2 saturated heterocycles. The minimum absolute atomic E-state index is 0.0381. The minimum Gasteiger partial charge on any atom is -0.481 e. The molecule has 1 atom stereocenters. The molecule has 1 aromatic carbocycles. The van der Waals surface area contributed by atoms with Gasteiger partial charge in [-0.25, -0.2) is 0 Å². The fraction of sp³-hybridized carbons (Fsp3) is 0.478. The van der Waals surface area contributed by atoms with Crippen molar-refractivity contribution in [2.75, 3.05) is 25.0 Å². The Morgan fingerprint density at radius 2 is 1.79 bits per heavy atom. The number of hydrogen-bond donors (Lipinski definition) is 3. The van der Waals surface area contributed by atoms with Gasteiger partial charge in [-0.1, -0.05) is 6.07 Å². The van der Waals surface area contributed by atoms with E-state index in [0.29, 0.717) is 25.2 Å². The molecule has 3 aliphatic heterocycles. The Balaban J connectivity index is 1.39. The van der Waals surface area contributed by atoms with Crippen molar-refractivity contribution in [1.82, 2.24) is 15.1 Å². The average molecular weight is 470 g/mol. The fourth-order valence-corrected chi connectivity index (χ4v) is 4.74. The highest BCUT2D eigenvalue weighted by molar-refractivity contribution is 6.25. The van der Waals surface area contributed by atoms with Gasteiger partial charge in [-0.3, -0.25) is 39.0 Å². The molecule has 0 radical (unpaired) electrons. The molecule has 11 heteroatoms. The summed E-state index contributed by atoms with van der Waals surface area (Å²) in [4.78, 5) is 75.7. The minimum atomic E-state index is -1.05. The summed E-state index contributed by atoms with van der Waals surface area (Å²) in [5.41, 5.74) is 0.583. The van der Waals surface area contributed by atoms with Crippen LogP contribution in [0.4, 0.5) is 5.69 Å². The number of carbonyl (C=O) groups is 6. The number of hydrogen-bond acceptors (Lipinski definition) is 7. The number of carbonyl (C=O) groups excluding carboxylic acids is 5. The Morgan fingerprint density at radius 1 is 1.06 bits per heavy atom. The fourth-order valence-electron chi connectivity index (χ4n) is 4.74. The highest BCUT2D eigenvalue weighted by Gasteiger charge is 2.45. The predicted octanol–water partition coefficient (Wildman–Crippen LogP) is 0.603. The number of amides is 5. The normalized spacial score (nSPS) is 20.9. The molecule has 3 aliphatic rings. The Labute approximate surface area is 195 Å². The summed E-state index contributed by atoms with van der Waals surface area (Å²) in [5.74, 6) is -3.05. The van der Waals surface area contributed by atoms with Crippen LogP contribution in [-0.4, -0.2) is 76.1 Å². The number of nitrogens with zero attached hydrogens (tertiary/aromatic N) is 2. The lowest BCUT2D eigenvalue weighted by Gasteiger charge is -2.32. The summed E-state index contributed by atoms with van der Waals surface area (Å²) in [6.07, 6.45) is 2.32. The van der Waals surface area contributed by atoms with Crippen LogP contribution in [0.15, 0.2) is 18.2 Å². The molecule has 4 rings (SSSR count). The van der Waals surface area contributed by atoms with Crippen molar-refractivity contribution >= 4 is 41.2 Å². The largest absolute Gasteiger partial charge is 0.481 e. The van der Waals surface area contributed by atoms with Crippen LogP contribution in [-0.2, 0) is 19.2 Å². The highest BCUT2D eigenvalue weighted by atomic mass is 16.4. The second kappa shape index (κ2) is 9.62. The maximum atomic E-state index is 13.1. The predicted molar refractivity (Wildman–Crippen MR) is 118 cm³/mol. The van der Waals surface area contributed by atoms with Gasteiger partial charge in [0, 0.05) is 31.6 Å². The summed E-state index contributed by atoms with van der Waals surface area (Å²) >= 11 is 0. The van der Waals surface area contributed by atoms with Crippen LogP contribution in [0.5, 0.6) is 0 Å². The van der Waals surface area contributed by atoms with Gasteiger partial charge >= 0.3 is 5.97 Å². The number of aliphatic carboxylic acids is 1. The van der Waals surface area contributed by atoms with Gasteiger partial charge in [0.2, 0.25) is 17.7 Å². The van der Waals surface area contributed by atoms with E-state index in [1.54, 1.807) is 17.0 Å². The standard InChI is InChI=1S/C23H26N4O7/c28-17-6-5-16(21(32)25-17)27-22(33)14-2-1-3-15(20(14)23(27)34)24-12-18(29)26-10-8-13(9-11-26)4-7-19(30)31/h1-3,13,16,24H,4-12H2,(H,30,31)(H,25,28,32). The van der Waals surface area contributed by atoms with Crippen LogP contribution in [0.1, 0.15) is 59.2 Å². The molecular weight excluding hydrogens is 444 g/mol. The summed E-state index contributed by atoms with van der Waals surface area (Å²) in [5, 5.41) is 13.9. The van der Waals surface area contributed by atoms with Crippen LogP contribution < -0.4 is 10.6 Å². The molecule has 0 aromatic heterocycles. The molecule has 34 heavy (non-hydrogen) atoms. The first-order valence-electron chi connectivity index (χ1n) is 11.3. The summed E-state index contributed by atoms with van der Waals surface area (Å²) in [6.45, 7) is 1.01. The number of carboxylic acid groups (broad SMARTS) is 1. The van der Waals surface area contributed by atoms with Crippen molar-refractivity contribution in [1.29, 1.82) is 0 Å². The van der Waals surface area contributed by atoms with Crippen LogP contribution in [0.3, 0.4) is 0 Å². The number of likely N-dealkylation sites (tertiary alicyclic amines) is 1. The monoisotopic (exact) mass is 470 g/mol. The van der Waals surface area contributed by atoms with E-state index in [2.05, 4.69) is 10.6 Å². The molecule has 3 N–H and O–H groups in total. The highest BCUT2D eigenvalue weighted by Crippen LogP contribution is 2.32. The van der Waals surface area contributed by atoms with Gasteiger partial charge in [-0.05, 0) is 43.7 Å². The number of fused-ring (bicyclic) bond motifs is 1. The summed E-state index contributed by atoms with van der Waals surface area (Å²) < 4.78 is 0. The average Bonchev–Trinajstić information content (AvgIpc) is 3.07. The molecule has 0 spiro atoms. The third kappa shape index (κ3) is 4.63. The zero-order valence-electron chi connectivity index (χ0n) is 18.5. The smallest absolute Gasteiger partial charge is 0.303 e. The van der Waals surface area contributed by atoms with Crippen molar-refractivity contribution in [2.45, 2.75) is 44.6 Å². The number of benzene rings is 1. The SMILES string of the molecule is O=C(O)CCC1CCN(C(=O)CNc2cccc3c2C(=O)N(C2CCC(=O)NC2=O)C3=O)CC1. The molecule has 1 aromatic rings. The first-order chi connectivity index (χ1) is 16.3. The molecule has 0 bridgehead atoms. The lowest BCUT2D eigenvalue weighted by molar-refractivity contribution is -0.138. The number of piperidine rings is 2. The molecule has 0 saturated carbocycles. The van der Waals surface area contributed by atoms with Crippen molar-refractivity contribution in [3.05, 3.63) is 29.3 Å². The van der Waals surface area contributed by atoms with E-state index >= 15 is 0 Å². The van der Waals surface area contributed by atoms with Crippen LogP contribution in [0, 0.1) is 5.92 Å². The third-order valence-corrected chi connectivity index (χ3v) is 6.63. The molecule has 180 valence electrons. The van der Waals surface area contributed by atoms with E-state index in [1.165, 1.54) is 6.07 Å².